The molecule has 0 radical (unpaired) electrons. The van der Waals surface area contributed by atoms with Gasteiger partial charge in [0.15, 0.2) is 0 Å². The Bertz CT molecular complexity index is 1680. The lowest BCUT2D eigenvalue weighted by molar-refractivity contribution is -0.126. The molecule has 11 nitrogen and oxygen atoms in total. The first-order valence-corrected chi connectivity index (χ1v) is 16.5. The molecule has 2 amide bonds. The number of carbonyl (C=O) groups excluding carboxylic acids is 2. The first-order valence-electron chi connectivity index (χ1n) is 16.5. The molecule has 2 fully saturated rings. The Labute approximate surface area is 276 Å². The number of rotatable bonds is 6. The summed E-state index contributed by atoms with van der Waals surface area (Å²) in [5.41, 5.74) is 1.91. The molecule has 3 aliphatic rings. The van der Waals surface area contributed by atoms with Gasteiger partial charge in [-0.15, -0.1) is 0 Å². The number of piperazine rings is 1. The van der Waals surface area contributed by atoms with Gasteiger partial charge in [-0.25, -0.2) is 4.79 Å². The van der Waals surface area contributed by atoms with Gasteiger partial charge in [-0.2, -0.15) is 9.97 Å². The van der Waals surface area contributed by atoms with Crippen molar-refractivity contribution in [3.8, 4) is 11.8 Å². The fourth-order valence-electron chi connectivity index (χ4n) is 7.02. The Kier molecular flexibility index (Phi) is 8.67. The molecule has 3 aliphatic heterocycles. The summed E-state index contributed by atoms with van der Waals surface area (Å²) in [7, 11) is 0. The van der Waals surface area contributed by atoms with E-state index in [2.05, 4.69) is 36.3 Å². The number of ether oxygens (including phenoxy) is 2. The van der Waals surface area contributed by atoms with E-state index in [4.69, 9.17) is 19.4 Å². The number of fused-ring (bicyclic) bond motifs is 2. The Hall–Kier alpha value is -4.54. The van der Waals surface area contributed by atoms with Crippen LogP contribution in [0.25, 0.3) is 10.8 Å². The van der Waals surface area contributed by atoms with Gasteiger partial charge in [-0.05, 0) is 71.4 Å². The lowest BCUT2D eigenvalue weighted by Gasteiger charge is -2.38. The molecule has 1 N–H and O–H groups in total. The average molecular weight is 643 g/mol. The molecule has 47 heavy (non-hydrogen) atoms. The van der Waals surface area contributed by atoms with Crippen LogP contribution in [0.5, 0.6) is 11.8 Å². The van der Waals surface area contributed by atoms with Crippen LogP contribution in [0.4, 0.5) is 16.3 Å². The molecule has 0 saturated carbocycles. The van der Waals surface area contributed by atoms with Crippen molar-refractivity contribution < 1.29 is 24.2 Å². The van der Waals surface area contributed by atoms with Crippen molar-refractivity contribution in [1.82, 2.24) is 19.8 Å². The average Bonchev–Trinajstić information content (AvgIpc) is 3.35. The second-order valence-electron chi connectivity index (χ2n) is 14.3. The van der Waals surface area contributed by atoms with Crippen LogP contribution in [0.2, 0.25) is 0 Å². The van der Waals surface area contributed by atoms with Gasteiger partial charge in [0.1, 0.15) is 23.8 Å². The predicted molar refractivity (Wildman–Crippen MR) is 182 cm³/mol. The van der Waals surface area contributed by atoms with Crippen molar-refractivity contribution in [1.29, 1.82) is 0 Å². The SMILES string of the molecule is C=CC(=O)N1CCN(c2nc(OC[C@H]3CCC(C)(C)N3C(=O)OC(C)(C)C)nc3c2CCN(c2cc(O)cc4ccccc24)C3)CC1. The second kappa shape index (κ2) is 12.6. The van der Waals surface area contributed by atoms with Crippen LogP contribution in [-0.4, -0.2) is 93.4 Å². The molecule has 0 bridgehead atoms. The van der Waals surface area contributed by atoms with Gasteiger partial charge in [0, 0.05) is 61.0 Å². The number of anilines is 2. The van der Waals surface area contributed by atoms with Gasteiger partial charge in [-0.3, -0.25) is 9.69 Å². The van der Waals surface area contributed by atoms with E-state index >= 15 is 0 Å². The summed E-state index contributed by atoms with van der Waals surface area (Å²) >= 11 is 0. The maximum atomic E-state index is 13.3. The topological polar surface area (TPSA) is 112 Å². The summed E-state index contributed by atoms with van der Waals surface area (Å²) in [6.07, 6.45) is 3.34. The minimum Gasteiger partial charge on any atom is -0.508 e. The highest BCUT2D eigenvalue weighted by Crippen LogP contribution is 2.38. The van der Waals surface area contributed by atoms with Crippen molar-refractivity contribution >= 4 is 34.3 Å². The van der Waals surface area contributed by atoms with Crippen LogP contribution in [0, 0.1) is 0 Å². The number of carbonyl (C=O) groups is 2. The number of benzene rings is 2. The number of hydrogen-bond acceptors (Lipinski definition) is 9. The fraction of sp³-hybridized carbons (Fsp3) is 0.500. The normalized spacial score (nSPS) is 19.5. The zero-order valence-electron chi connectivity index (χ0n) is 28.2. The quantitative estimate of drug-likeness (QED) is 0.359. The molecule has 6 rings (SSSR count). The third-order valence-corrected chi connectivity index (χ3v) is 9.36. The zero-order chi connectivity index (χ0) is 33.5. The Morgan fingerprint density at radius 1 is 1.06 bits per heavy atom. The van der Waals surface area contributed by atoms with E-state index in [-0.39, 0.29) is 41.9 Å². The second-order valence-corrected chi connectivity index (χ2v) is 14.3. The van der Waals surface area contributed by atoms with Gasteiger partial charge >= 0.3 is 12.1 Å². The minimum absolute atomic E-state index is 0.0681. The highest BCUT2D eigenvalue weighted by atomic mass is 16.6. The largest absolute Gasteiger partial charge is 0.508 e. The maximum Gasteiger partial charge on any atom is 0.411 e. The molecule has 4 heterocycles. The van der Waals surface area contributed by atoms with Gasteiger partial charge in [-0.1, -0.05) is 30.8 Å². The fourth-order valence-corrected chi connectivity index (χ4v) is 7.02. The van der Waals surface area contributed by atoms with Gasteiger partial charge in [0.05, 0.1) is 18.3 Å². The monoisotopic (exact) mass is 642 g/mol. The summed E-state index contributed by atoms with van der Waals surface area (Å²) in [6, 6.07) is 11.7. The predicted octanol–water partition coefficient (Wildman–Crippen LogP) is 5.29. The smallest absolute Gasteiger partial charge is 0.411 e. The first kappa shape index (κ1) is 32.4. The Morgan fingerprint density at radius 2 is 1.81 bits per heavy atom. The van der Waals surface area contributed by atoms with E-state index in [0.717, 1.165) is 52.9 Å². The minimum atomic E-state index is -0.606. The van der Waals surface area contributed by atoms with E-state index in [1.807, 2.05) is 49.9 Å². The summed E-state index contributed by atoms with van der Waals surface area (Å²) < 4.78 is 12.1. The summed E-state index contributed by atoms with van der Waals surface area (Å²) in [5.74, 6) is 0.978. The van der Waals surface area contributed by atoms with E-state index < -0.39 is 5.60 Å². The van der Waals surface area contributed by atoms with Gasteiger partial charge in [0.2, 0.25) is 5.91 Å². The van der Waals surface area contributed by atoms with E-state index in [1.54, 1.807) is 11.0 Å². The van der Waals surface area contributed by atoms with Crippen LogP contribution in [0.1, 0.15) is 58.7 Å². The lowest BCUT2D eigenvalue weighted by Crippen LogP contribution is -2.50. The third kappa shape index (κ3) is 6.80. The van der Waals surface area contributed by atoms with E-state index in [1.165, 1.54) is 6.08 Å². The maximum absolute atomic E-state index is 13.3. The molecule has 250 valence electrons. The molecule has 11 heteroatoms. The van der Waals surface area contributed by atoms with Crippen molar-refractivity contribution in [2.45, 2.75) is 77.6 Å². The number of aromatic nitrogens is 2. The van der Waals surface area contributed by atoms with Crippen molar-refractivity contribution in [2.75, 3.05) is 49.1 Å². The number of likely N-dealkylation sites (tertiary alicyclic amines) is 1. The number of phenols is 1. The molecule has 3 aromatic rings. The molecule has 0 spiro atoms. The van der Waals surface area contributed by atoms with Crippen molar-refractivity contribution in [2.24, 2.45) is 0 Å². The summed E-state index contributed by atoms with van der Waals surface area (Å²) in [4.78, 5) is 43.5. The number of nitrogens with zero attached hydrogens (tertiary/aromatic N) is 6. The molecule has 2 aromatic carbocycles. The molecular weight excluding hydrogens is 596 g/mol. The summed E-state index contributed by atoms with van der Waals surface area (Å²) in [6.45, 7) is 17.3. The number of aromatic hydroxyl groups is 1. The van der Waals surface area contributed by atoms with Gasteiger partial charge in [0.25, 0.3) is 0 Å². The first-order chi connectivity index (χ1) is 22.3. The Balaban J connectivity index is 1.30. The highest BCUT2D eigenvalue weighted by Gasteiger charge is 2.45. The number of phenolic OH excluding ortho intramolecular Hbond substituents is 1. The zero-order valence-corrected chi connectivity index (χ0v) is 28.2. The Morgan fingerprint density at radius 3 is 2.53 bits per heavy atom. The molecule has 0 aliphatic carbocycles. The molecule has 0 unspecified atom stereocenters. The molecular formula is C36H46N6O5. The lowest BCUT2D eigenvalue weighted by atomic mass is 10.0. The summed E-state index contributed by atoms with van der Waals surface area (Å²) in [5, 5.41) is 12.6. The third-order valence-electron chi connectivity index (χ3n) is 9.36. The van der Waals surface area contributed by atoms with Crippen molar-refractivity contribution in [3.05, 3.63) is 60.3 Å². The van der Waals surface area contributed by atoms with Crippen molar-refractivity contribution in [3.63, 3.8) is 0 Å². The van der Waals surface area contributed by atoms with Crippen LogP contribution in [0.3, 0.4) is 0 Å². The molecule has 2 saturated heterocycles. The van der Waals surface area contributed by atoms with Crippen LogP contribution in [0.15, 0.2) is 49.1 Å². The molecule has 1 aromatic heterocycles. The number of amides is 2. The van der Waals surface area contributed by atoms with Gasteiger partial charge < -0.3 is 29.3 Å². The highest BCUT2D eigenvalue weighted by molar-refractivity contribution is 5.95. The number of hydrogen-bond donors (Lipinski definition) is 1. The van der Waals surface area contributed by atoms with E-state index in [9.17, 15) is 14.7 Å². The molecule has 1 atom stereocenters. The standard InChI is InChI=1S/C36H46N6O5/c1-7-31(44)39-16-18-40(19-17-39)32-28-13-15-41(30-21-26(43)20-24-10-8-9-11-27(24)30)22-29(28)37-33(38-32)46-23-25-12-14-36(5,6)42(25)34(45)47-35(2,3)4/h7-11,20-21,25,43H,1,12-19,22-23H2,2-6H3/t25-/m1/s1. The van der Waals surface area contributed by atoms with Crippen LogP contribution >= 0.6 is 0 Å². The van der Waals surface area contributed by atoms with Crippen LogP contribution in [-0.2, 0) is 22.5 Å². The van der Waals surface area contributed by atoms with Crippen LogP contribution < -0.4 is 14.5 Å². The van der Waals surface area contributed by atoms with E-state index in [0.29, 0.717) is 39.1 Å².